The molecule has 1 N–H and O–H groups in total. The SMILES string of the molecule is CC(=O)N1CCCN(C(=O)NC(c2cccnc2)c2cc(C)ccc2C)CC1. The molecule has 0 bridgehead atoms. The number of rotatable bonds is 3. The van der Waals surface area contributed by atoms with Gasteiger partial charge in [0.2, 0.25) is 5.91 Å². The number of amides is 3. The fourth-order valence-electron chi connectivity index (χ4n) is 3.61. The largest absolute Gasteiger partial charge is 0.341 e. The number of carbonyl (C=O) groups excluding carboxylic acids is 2. The Morgan fingerprint density at radius 1 is 1.07 bits per heavy atom. The normalized spacial score (nSPS) is 15.7. The lowest BCUT2D eigenvalue weighted by Crippen LogP contribution is -2.44. The zero-order valence-electron chi connectivity index (χ0n) is 16.8. The number of nitrogens with one attached hydrogen (secondary N) is 1. The van der Waals surface area contributed by atoms with Crippen LogP contribution < -0.4 is 5.32 Å². The summed E-state index contributed by atoms with van der Waals surface area (Å²) in [5.41, 5.74) is 4.29. The van der Waals surface area contributed by atoms with Crippen LogP contribution in [0.15, 0.2) is 42.7 Å². The first-order chi connectivity index (χ1) is 13.5. The van der Waals surface area contributed by atoms with E-state index in [1.54, 1.807) is 29.1 Å². The predicted molar refractivity (Wildman–Crippen MR) is 109 cm³/mol. The molecule has 1 aliphatic heterocycles. The van der Waals surface area contributed by atoms with Crippen LogP contribution in [0.3, 0.4) is 0 Å². The van der Waals surface area contributed by atoms with E-state index in [1.807, 2.05) is 12.1 Å². The van der Waals surface area contributed by atoms with E-state index in [2.05, 4.69) is 42.3 Å². The van der Waals surface area contributed by atoms with Gasteiger partial charge in [-0.05, 0) is 43.0 Å². The maximum atomic E-state index is 13.1. The molecular formula is C22H28N4O2. The van der Waals surface area contributed by atoms with Gasteiger partial charge in [0, 0.05) is 45.5 Å². The van der Waals surface area contributed by atoms with Gasteiger partial charge in [-0.15, -0.1) is 0 Å². The molecule has 2 heterocycles. The quantitative estimate of drug-likeness (QED) is 0.890. The Balaban J connectivity index is 1.83. The summed E-state index contributed by atoms with van der Waals surface area (Å²) in [5, 5.41) is 3.20. The van der Waals surface area contributed by atoms with E-state index in [1.165, 1.54) is 0 Å². The molecule has 28 heavy (non-hydrogen) atoms. The van der Waals surface area contributed by atoms with Gasteiger partial charge >= 0.3 is 6.03 Å². The average Bonchev–Trinajstić information content (AvgIpc) is 2.95. The lowest BCUT2D eigenvalue weighted by molar-refractivity contribution is -0.128. The van der Waals surface area contributed by atoms with Crippen molar-refractivity contribution in [3.63, 3.8) is 0 Å². The summed E-state index contributed by atoms with van der Waals surface area (Å²) in [5.74, 6) is 0.0610. The fraction of sp³-hybridized carbons (Fsp3) is 0.409. The van der Waals surface area contributed by atoms with E-state index in [0.717, 1.165) is 28.7 Å². The van der Waals surface area contributed by atoms with Crippen molar-refractivity contribution in [3.05, 3.63) is 65.0 Å². The van der Waals surface area contributed by atoms with Crippen LogP contribution in [0.5, 0.6) is 0 Å². The molecule has 6 heteroatoms. The topological polar surface area (TPSA) is 65.5 Å². The van der Waals surface area contributed by atoms with Crippen LogP contribution in [0.25, 0.3) is 0 Å². The third-order valence-corrected chi connectivity index (χ3v) is 5.26. The first-order valence-corrected chi connectivity index (χ1v) is 9.73. The van der Waals surface area contributed by atoms with Crippen molar-refractivity contribution in [2.75, 3.05) is 26.2 Å². The number of pyridine rings is 1. The van der Waals surface area contributed by atoms with Gasteiger partial charge in [-0.25, -0.2) is 4.79 Å². The van der Waals surface area contributed by atoms with E-state index in [0.29, 0.717) is 26.2 Å². The number of aryl methyl sites for hydroxylation is 2. The first kappa shape index (κ1) is 19.9. The molecule has 0 saturated carbocycles. The van der Waals surface area contributed by atoms with Crippen LogP contribution in [-0.4, -0.2) is 52.9 Å². The minimum absolute atomic E-state index is 0.0610. The second-order valence-electron chi connectivity index (χ2n) is 7.38. The third-order valence-electron chi connectivity index (χ3n) is 5.26. The van der Waals surface area contributed by atoms with Crippen molar-refractivity contribution in [1.29, 1.82) is 0 Å². The van der Waals surface area contributed by atoms with E-state index in [4.69, 9.17) is 0 Å². The second kappa shape index (κ2) is 8.87. The maximum absolute atomic E-state index is 13.1. The monoisotopic (exact) mass is 380 g/mol. The van der Waals surface area contributed by atoms with Crippen LogP contribution >= 0.6 is 0 Å². The van der Waals surface area contributed by atoms with Gasteiger partial charge in [-0.1, -0.05) is 29.8 Å². The van der Waals surface area contributed by atoms with Crippen LogP contribution in [0.2, 0.25) is 0 Å². The standard InChI is InChI=1S/C22H28N4O2/c1-16-7-8-17(2)20(14-16)21(19-6-4-9-23-15-19)24-22(28)26-11-5-10-25(12-13-26)18(3)27/h4,6-9,14-15,21H,5,10-13H2,1-3H3,(H,24,28). The Morgan fingerprint density at radius 3 is 2.54 bits per heavy atom. The molecule has 1 fully saturated rings. The van der Waals surface area contributed by atoms with Crippen molar-refractivity contribution in [2.24, 2.45) is 0 Å². The maximum Gasteiger partial charge on any atom is 0.318 e. The molecule has 3 amide bonds. The lowest BCUT2D eigenvalue weighted by atomic mass is 9.94. The van der Waals surface area contributed by atoms with E-state index < -0.39 is 0 Å². The zero-order valence-corrected chi connectivity index (χ0v) is 16.8. The van der Waals surface area contributed by atoms with Gasteiger partial charge in [0.05, 0.1) is 6.04 Å². The minimum atomic E-state index is -0.270. The molecule has 3 rings (SSSR count). The summed E-state index contributed by atoms with van der Waals surface area (Å²) in [4.78, 5) is 32.6. The summed E-state index contributed by atoms with van der Waals surface area (Å²) in [6.45, 7) is 8.14. The van der Waals surface area contributed by atoms with Gasteiger partial charge in [-0.2, -0.15) is 0 Å². The van der Waals surface area contributed by atoms with Crippen molar-refractivity contribution in [3.8, 4) is 0 Å². The zero-order chi connectivity index (χ0) is 20.1. The fourth-order valence-corrected chi connectivity index (χ4v) is 3.61. The Bertz CT molecular complexity index is 838. The summed E-state index contributed by atoms with van der Waals surface area (Å²) >= 11 is 0. The molecule has 0 spiro atoms. The number of carbonyl (C=O) groups is 2. The second-order valence-corrected chi connectivity index (χ2v) is 7.38. The molecule has 148 valence electrons. The molecule has 1 saturated heterocycles. The molecular weight excluding hydrogens is 352 g/mol. The van der Waals surface area contributed by atoms with E-state index in [9.17, 15) is 9.59 Å². The van der Waals surface area contributed by atoms with Crippen molar-refractivity contribution in [2.45, 2.75) is 33.2 Å². The van der Waals surface area contributed by atoms with E-state index >= 15 is 0 Å². The number of urea groups is 1. The van der Waals surface area contributed by atoms with Crippen LogP contribution in [-0.2, 0) is 4.79 Å². The van der Waals surface area contributed by atoms with Crippen LogP contribution in [0, 0.1) is 13.8 Å². The molecule has 2 aromatic rings. The molecule has 1 aromatic heterocycles. The molecule has 1 aliphatic rings. The molecule has 6 nitrogen and oxygen atoms in total. The molecule has 0 radical (unpaired) electrons. The van der Waals surface area contributed by atoms with Gasteiger partial charge in [0.25, 0.3) is 0 Å². The highest BCUT2D eigenvalue weighted by atomic mass is 16.2. The third kappa shape index (κ3) is 4.68. The summed E-state index contributed by atoms with van der Waals surface area (Å²) in [7, 11) is 0. The minimum Gasteiger partial charge on any atom is -0.341 e. The van der Waals surface area contributed by atoms with Crippen LogP contribution in [0.4, 0.5) is 4.79 Å². The lowest BCUT2D eigenvalue weighted by Gasteiger charge is -2.27. The average molecular weight is 380 g/mol. The number of benzene rings is 1. The van der Waals surface area contributed by atoms with Crippen LogP contribution in [0.1, 0.15) is 41.6 Å². The predicted octanol–water partition coefficient (Wildman–Crippen LogP) is 3.05. The highest BCUT2D eigenvalue weighted by Gasteiger charge is 2.24. The van der Waals surface area contributed by atoms with Crippen molar-refractivity contribution < 1.29 is 9.59 Å². The molecule has 1 unspecified atom stereocenters. The number of aromatic nitrogens is 1. The molecule has 0 aliphatic carbocycles. The summed E-state index contributed by atoms with van der Waals surface area (Å²) < 4.78 is 0. The highest BCUT2D eigenvalue weighted by molar-refractivity contribution is 5.76. The number of hydrogen-bond acceptors (Lipinski definition) is 3. The smallest absolute Gasteiger partial charge is 0.318 e. The number of hydrogen-bond donors (Lipinski definition) is 1. The Labute approximate surface area is 166 Å². The Morgan fingerprint density at radius 2 is 1.82 bits per heavy atom. The van der Waals surface area contributed by atoms with Gasteiger partial charge in [0.1, 0.15) is 0 Å². The Hall–Kier alpha value is -2.89. The molecule has 1 aromatic carbocycles. The first-order valence-electron chi connectivity index (χ1n) is 9.73. The summed E-state index contributed by atoms with van der Waals surface area (Å²) in [6, 6.07) is 9.76. The number of nitrogens with zero attached hydrogens (tertiary/aromatic N) is 3. The van der Waals surface area contributed by atoms with Gasteiger partial charge < -0.3 is 15.1 Å². The van der Waals surface area contributed by atoms with Gasteiger partial charge in [-0.3, -0.25) is 9.78 Å². The van der Waals surface area contributed by atoms with Gasteiger partial charge in [0.15, 0.2) is 0 Å². The summed E-state index contributed by atoms with van der Waals surface area (Å²) in [6.07, 6.45) is 4.32. The van der Waals surface area contributed by atoms with Crippen molar-refractivity contribution >= 4 is 11.9 Å². The highest BCUT2D eigenvalue weighted by Crippen LogP contribution is 2.26. The molecule has 1 atom stereocenters. The van der Waals surface area contributed by atoms with Crippen molar-refractivity contribution in [1.82, 2.24) is 20.1 Å². The Kier molecular flexibility index (Phi) is 6.29. The van der Waals surface area contributed by atoms with E-state index in [-0.39, 0.29) is 18.0 Å².